The third-order valence-electron chi connectivity index (χ3n) is 1.16. The molecule has 0 fully saturated rings. The van der Waals surface area contributed by atoms with E-state index in [1.54, 1.807) is 11.8 Å². The molecule has 0 aromatic carbocycles. The van der Waals surface area contributed by atoms with Crippen molar-refractivity contribution in [3.05, 3.63) is 0 Å². The van der Waals surface area contributed by atoms with Gasteiger partial charge in [0.2, 0.25) is 0 Å². The van der Waals surface area contributed by atoms with E-state index in [2.05, 4.69) is 6.92 Å². The van der Waals surface area contributed by atoms with Gasteiger partial charge in [-0.3, -0.25) is 4.79 Å². The molecule has 76 valence electrons. The summed E-state index contributed by atoms with van der Waals surface area (Å²) in [6.45, 7) is 3.55. The maximum atomic E-state index is 10.4. The van der Waals surface area contributed by atoms with E-state index in [9.17, 15) is 4.79 Å². The summed E-state index contributed by atoms with van der Waals surface area (Å²) >= 11 is 8.12. The predicted molar refractivity (Wildman–Crippen MR) is 64.2 cm³/mol. The Morgan fingerprint density at radius 3 is 2.69 bits per heavy atom. The molecule has 0 aromatic heterocycles. The van der Waals surface area contributed by atoms with Crippen molar-refractivity contribution in [1.29, 1.82) is 0 Å². The van der Waals surface area contributed by atoms with Gasteiger partial charge in [0.1, 0.15) is 9.47 Å². The molecule has 5 heteroatoms. The summed E-state index contributed by atoms with van der Waals surface area (Å²) in [6.07, 6.45) is 2.36. The lowest BCUT2D eigenvalue weighted by Crippen LogP contribution is -1.98. The average Bonchev–Trinajstić information content (AvgIpc) is 2.04. The summed E-state index contributed by atoms with van der Waals surface area (Å²) in [5.41, 5.74) is 0. The minimum Gasteiger partial charge on any atom is -0.454 e. The molecule has 0 spiro atoms. The molecule has 0 aliphatic heterocycles. The molecule has 0 aliphatic rings. The number of hydrogen-bond acceptors (Lipinski definition) is 5. The largest absolute Gasteiger partial charge is 0.454 e. The van der Waals surface area contributed by atoms with Crippen molar-refractivity contribution in [3.8, 4) is 0 Å². The number of ether oxygens (including phenoxy) is 1. The van der Waals surface area contributed by atoms with Crippen LogP contribution < -0.4 is 0 Å². The van der Waals surface area contributed by atoms with Crippen LogP contribution >= 0.6 is 35.7 Å². The predicted octanol–water partition coefficient (Wildman–Crippen LogP) is 3.06. The van der Waals surface area contributed by atoms with Gasteiger partial charge in [0, 0.05) is 6.92 Å². The minimum absolute atomic E-state index is 0.256. The van der Waals surface area contributed by atoms with Crippen LogP contribution in [0.1, 0.15) is 26.7 Å². The van der Waals surface area contributed by atoms with E-state index in [0.29, 0.717) is 5.94 Å². The van der Waals surface area contributed by atoms with Gasteiger partial charge in [0.15, 0.2) is 0 Å². The van der Waals surface area contributed by atoms with E-state index in [-0.39, 0.29) is 5.97 Å². The monoisotopic (exact) mass is 238 g/mol. The summed E-state index contributed by atoms with van der Waals surface area (Å²) in [7, 11) is 0. The van der Waals surface area contributed by atoms with Crippen LogP contribution in [0.25, 0.3) is 0 Å². The van der Waals surface area contributed by atoms with Crippen LogP contribution in [0.4, 0.5) is 0 Å². The van der Waals surface area contributed by atoms with Crippen molar-refractivity contribution in [2.75, 3.05) is 11.7 Å². The van der Waals surface area contributed by atoms with E-state index in [0.717, 1.165) is 9.28 Å². The second kappa shape index (κ2) is 8.84. The Kier molecular flexibility index (Phi) is 9.02. The molecule has 0 saturated carbocycles. The highest BCUT2D eigenvalue weighted by molar-refractivity contribution is 8.47. The second-order valence-electron chi connectivity index (χ2n) is 2.35. The normalized spacial score (nSPS) is 9.69. The van der Waals surface area contributed by atoms with Crippen LogP contribution in [0.15, 0.2) is 0 Å². The topological polar surface area (TPSA) is 26.3 Å². The first-order valence-corrected chi connectivity index (χ1v) is 6.47. The van der Waals surface area contributed by atoms with Gasteiger partial charge >= 0.3 is 5.97 Å². The number of rotatable bonds is 5. The van der Waals surface area contributed by atoms with Crippen molar-refractivity contribution < 1.29 is 9.53 Å². The highest BCUT2D eigenvalue weighted by Gasteiger charge is 1.99. The van der Waals surface area contributed by atoms with Crippen LogP contribution in [-0.4, -0.2) is 21.2 Å². The van der Waals surface area contributed by atoms with Gasteiger partial charge in [-0.1, -0.05) is 37.3 Å². The summed E-state index contributed by atoms with van der Waals surface area (Å²) < 4.78 is 5.60. The first-order valence-electron chi connectivity index (χ1n) is 4.09. The van der Waals surface area contributed by atoms with Crippen molar-refractivity contribution in [2.45, 2.75) is 26.7 Å². The van der Waals surface area contributed by atoms with Crippen molar-refractivity contribution >= 4 is 45.2 Å². The van der Waals surface area contributed by atoms with Gasteiger partial charge in [0.05, 0.1) is 0 Å². The SMILES string of the molecule is CCCCSC(=S)SCOC(C)=O. The third-order valence-corrected chi connectivity index (χ3v) is 3.77. The number of carbonyl (C=O) groups excluding carboxylic acids is 1. The fourth-order valence-electron chi connectivity index (χ4n) is 0.502. The Bertz CT molecular complexity index is 171. The van der Waals surface area contributed by atoms with Gasteiger partial charge in [-0.05, 0) is 12.2 Å². The van der Waals surface area contributed by atoms with Crippen LogP contribution in [-0.2, 0) is 9.53 Å². The maximum Gasteiger partial charge on any atom is 0.303 e. The standard InChI is InChI=1S/C8H14O2S3/c1-3-4-5-12-8(11)13-6-10-7(2)9/h3-6H2,1-2H3. The first kappa shape index (κ1) is 13.3. The highest BCUT2D eigenvalue weighted by atomic mass is 32.2. The van der Waals surface area contributed by atoms with E-state index >= 15 is 0 Å². The Morgan fingerprint density at radius 1 is 1.46 bits per heavy atom. The molecule has 0 N–H and O–H groups in total. The quantitative estimate of drug-likeness (QED) is 0.317. The molecule has 0 aliphatic carbocycles. The Balaban J connectivity index is 3.25. The van der Waals surface area contributed by atoms with Crippen LogP contribution in [0.3, 0.4) is 0 Å². The van der Waals surface area contributed by atoms with Gasteiger partial charge < -0.3 is 4.74 Å². The maximum absolute atomic E-state index is 10.4. The van der Waals surface area contributed by atoms with Gasteiger partial charge in [-0.25, -0.2) is 0 Å². The molecule has 0 aromatic rings. The third kappa shape index (κ3) is 10.2. The van der Waals surface area contributed by atoms with Crippen LogP contribution in [0, 0.1) is 0 Å². The minimum atomic E-state index is -0.256. The number of unbranched alkanes of at least 4 members (excludes halogenated alkanes) is 1. The Labute approximate surface area is 93.2 Å². The zero-order chi connectivity index (χ0) is 10.1. The zero-order valence-electron chi connectivity index (χ0n) is 7.87. The summed E-state index contributed by atoms with van der Waals surface area (Å²) in [5, 5.41) is 0. The Morgan fingerprint density at radius 2 is 2.15 bits per heavy atom. The molecule has 0 radical (unpaired) electrons. The van der Waals surface area contributed by atoms with E-state index in [4.69, 9.17) is 17.0 Å². The smallest absolute Gasteiger partial charge is 0.303 e. The molecule has 0 atom stereocenters. The molecule has 0 heterocycles. The molecular weight excluding hydrogens is 224 g/mol. The number of hydrogen-bond donors (Lipinski definition) is 0. The molecule has 0 unspecified atom stereocenters. The molecule has 13 heavy (non-hydrogen) atoms. The average molecular weight is 238 g/mol. The lowest BCUT2D eigenvalue weighted by Gasteiger charge is -2.02. The Hall–Kier alpha value is 0.260. The number of thiocarbonyl (C=S) groups is 1. The molecule has 0 bridgehead atoms. The molecule has 0 amide bonds. The summed E-state index contributed by atoms with van der Waals surface area (Å²) in [6, 6.07) is 0. The van der Waals surface area contributed by atoms with Crippen LogP contribution in [0.2, 0.25) is 0 Å². The lowest BCUT2D eigenvalue weighted by molar-refractivity contribution is -0.138. The summed E-state index contributed by atoms with van der Waals surface area (Å²) in [4.78, 5) is 10.4. The van der Waals surface area contributed by atoms with Gasteiger partial charge in [0.25, 0.3) is 0 Å². The van der Waals surface area contributed by atoms with E-state index in [1.165, 1.54) is 31.5 Å². The molecule has 0 saturated heterocycles. The van der Waals surface area contributed by atoms with Crippen molar-refractivity contribution in [1.82, 2.24) is 0 Å². The van der Waals surface area contributed by atoms with Crippen molar-refractivity contribution in [2.24, 2.45) is 0 Å². The molecule has 0 rings (SSSR count). The second-order valence-corrected chi connectivity index (χ2v) is 5.57. The fraction of sp³-hybridized carbons (Fsp3) is 0.750. The molecule has 2 nitrogen and oxygen atoms in total. The van der Waals surface area contributed by atoms with Crippen molar-refractivity contribution in [3.63, 3.8) is 0 Å². The lowest BCUT2D eigenvalue weighted by atomic mass is 10.4. The zero-order valence-corrected chi connectivity index (χ0v) is 10.3. The highest BCUT2D eigenvalue weighted by Crippen LogP contribution is 2.18. The van der Waals surface area contributed by atoms with E-state index in [1.807, 2.05) is 0 Å². The van der Waals surface area contributed by atoms with Gasteiger partial charge in [-0.2, -0.15) is 0 Å². The molecular formula is C8H14O2S3. The number of esters is 1. The first-order chi connectivity index (χ1) is 6.16. The number of thioether (sulfide) groups is 2. The summed E-state index contributed by atoms with van der Waals surface area (Å²) in [5.74, 6) is 1.14. The fourth-order valence-corrected chi connectivity index (χ4v) is 2.54. The number of carbonyl (C=O) groups is 1. The van der Waals surface area contributed by atoms with Gasteiger partial charge in [-0.15, -0.1) is 11.8 Å². The van der Waals surface area contributed by atoms with E-state index < -0.39 is 0 Å². The van der Waals surface area contributed by atoms with Crippen LogP contribution in [0.5, 0.6) is 0 Å².